The number of nitrogens with one attached hydrogen (secondary N) is 2. The van der Waals surface area contributed by atoms with Gasteiger partial charge in [0.05, 0.1) is 34.2 Å². The largest absolute Gasteiger partial charge is 0.378 e. The van der Waals surface area contributed by atoms with Crippen LogP contribution in [0.3, 0.4) is 0 Å². The molecule has 10 nitrogen and oxygen atoms in total. The third kappa shape index (κ3) is 6.23. The zero-order valence-electron chi connectivity index (χ0n) is 29.6. The summed E-state index contributed by atoms with van der Waals surface area (Å²) in [5.74, 6) is 0.865. The van der Waals surface area contributed by atoms with Crippen molar-refractivity contribution in [3.8, 4) is 22.3 Å². The molecular formula is C44H40N6O4. The highest BCUT2D eigenvalue weighted by molar-refractivity contribution is 5.86. The van der Waals surface area contributed by atoms with E-state index in [2.05, 4.69) is 58.5 Å². The van der Waals surface area contributed by atoms with Crippen molar-refractivity contribution in [1.82, 2.24) is 29.7 Å². The molecule has 54 heavy (non-hydrogen) atoms. The van der Waals surface area contributed by atoms with E-state index in [1.807, 2.05) is 48.5 Å². The molecule has 0 radical (unpaired) electrons. The van der Waals surface area contributed by atoms with Gasteiger partial charge in [-0.25, -0.2) is 9.97 Å². The molecule has 9 rings (SSSR count). The fourth-order valence-electron chi connectivity index (χ4n) is 8.09. The summed E-state index contributed by atoms with van der Waals surface area (Å²) in [6.45, 7) is 1.16. The van der Waals surface area contributed by atoms with Crippen molar-refractivity contribution >= 4 is 33.9 Å². The molecule has 0 aliphatic carbocycles. The van der Waals surface area contributed by atoms with Crippen molar-refractivity contribution < 1.29 is 19.8 Å². The van der Waals surface area contributed by atoms with Crippen molar-refractivity contribution in [3.63, 3.8) is 0 Å². The lowest BCUT2D eigenvalue weighted by atomic mass is 10.00. The van der Waals surface area contributed by atoms with E-state index in [0.29, 0.717) is 24.2 Å². The van der Waals surface area contributed by atoms with E-state index in [9.17, 15) is 19.8 Å². The first-order chi connectivity index (χ1) is 26.4. The smallest absolute Gasteiger partial charge is 0.256 e. The molecule has 10 heteroatoms. The lowest BCUT2D eigenvalue weighted by molar-refractivity contribution is -0.142. The van der Waals surface area contributed by atoms with Crippen LogP contribution in [-0.2, 0) is 9.59 Å². The van der Waals surface area contributed by atoms with Gasteiger partial charge in [0.25, 0.3) is 11.8 Å². The third-order valence-electron chi connectivity index (χ3n) is 11.0. The zero-order chi connectivity index (χ0) is 36.8. The molecule has 5 aromatic carbocycles. The summed E-state index contributed by atoms with van der Waals surface area (Å²) in [6.07, 6.45) is 0.856. The number of rotatable bonds is 8. The van der Waals surface area contributed by atoms with Gasteiger partial charge < -0.3 is 30.0 Å². The second kappa shape index (κ2) is 14.0. The van der Waals surface area contributed by atoms with E-state index in [1.165, 1.54) is 0 Å². The Morgan fingerprint density at radius 3 is 1.35 bits per heavy atom. The topological polar surface area (TPSA) is 138 Å². The lowest BCUT2D eigenvalue weighted by Gasteiger charge is -2.25. The predicted molar refractivity (Wildman–Crippen MR) is 207 cm³/mol. The van der Waals surface area contributed by atoms with Gasteiger partial charge in [-0.15, -0.1) is 0 Å². The second-order valence-corrected chi connectivity index (χ2v) is 14.3. The molecule has 7 aromatic rings. The SMILES string of the molecule is O=C([C@H](O)c1ccccc1)N1CCC[C@H]1c1nc2ccc(-c3ccc(-c4ccc5nc([C@@H]6CCCN6C(=O)[C@H](O)c6ccccc6)[nH]c5c4)cc3)cc2[nH]1. The van der Waals surface area contributed by atoms with Gasteiger partial charge in [-0.3, -0.25) is 9.59 Å². The molecule has 0 saturated carbocycles. The molecule has 2 fully saturated rings. The van der Waals surface area contributed by atoms with Crippen LogP contribution in [0.5, 0.6) is 0 Å². The number of likely N-dealkylation sites (tertiary alicyclic amines) is 2. The minimum absolute atomic E-state index is 0.221. The molecule has 0 bridgehead atoms. The van der Waals surface area contributed by atoms with E-state index < -0.39 is 12.2 Å². The number of aromatic amines is 2. The van der Waals surface area contributed by atoms with Gasteiger partial charge in [0.15, 0.2) is 12.2 Å². The molecule has 270 valence electrons. The van der Waals surface area contributed by atoms with E-state index in [0.717, 1.165) is 81.7 Å². The number of aliphatic hydroxyl groups excluding tert-OH is 2. The lowest BCUT2D eigenvalue weighted by Crippen LogP contribution is -2.35. The highest BCUT2D eigenvalue weighted by Gasteiger charge is 2.37. The van der Waals surface area contributed by atoms with E-state index in [1.54, 1.807) is 34.1 Å². The Morgan fingerprint density at radius 1 is 0.556 bits per heavy atom. The van der Waals surface area contributed by atoms with Crippen molar-refractivity contribution in [3.05, 3.63) is 144 Å². The standard InChI is InChI=1S/C44H40N6O4/c51-39(29-9-3-1-4-10-29)43(53)49-23-7-13-37(49)41-45-33-21-19-31(25-35(33)47-41)27-15-17-28(18-16-27)32-20-22-34-36(26-32)48-42(46-34)38-14-8-24-50(38)44(54)40(52)30-11-5-2-6-12-30/h1-6,9-12,15-22,25-26,37-40,51-52H,7-8,13-14,23-24H2,(H,45,47)(H,46,48)/t37-,38-,39+,40+/m0/s1. The van der Waals surface area contributed by atoms with E-state index in [4.69, 9.17) is 9.97 Å². The van der Waals surface area contributed by atoms with E-state index >= 15 is 0 Å². The van der Waals surface area contributed by atoms with Crippen molar-refractivity contribution in [2.45, 2.75) is 50.0 Å². The number of aliphatic hydroxyl groups is 2. The third-order valence-corrected chi connectivity index (χ3v) is 11.0. The summed E-state index contributed by atoms with van der Waals surface area (Å²) in [5, 5.41) is 21.6. The number of fused-ring (bicyclic) bond motifs is 2. The maximum absolute atomic E-state index is 13.3. The van der Waals surface area contributed by atoms with Gasteiger partial charge in [0, 0.05) is 13.1 Å². The van der Waals surface area contributed by atoms with Crippen LogP contribution in [-0.4, -0.2) is 64.9 Å². The molecule has 4 atom stereocenters. The van der Waals surface area contributed by atoms with Crippen LogP contribution < -0.4 is 0 Å². The number of benzene rings is 5. The molecule has 2 aliphatic heterocycles. The molecule has 0 spiro atoms. The van der Waals surface area contributed by atoms with Crippen molar-refractivity contribution in [2.75, 3.05) is 13.1 Å². The highest BCUT2D eigenvalue weighted by Crippen LogP contribution is 2.37. The van der Waals surface area contributed by atoms with Crippen LogP contribution in [0.15, 0.2) is 121 Å². The van der Waals surface area contributed by atoms with Gasteiger partial charge in [-0.05, 0) is 83.3 Å². The first-order valence-corrected chi connectivity index (χ1v) is 18.6. The van der Waals surface area contributed by atoms with Crippen molar-refractivity contribution in [1.29, 1.82) is 0 Å². The molecule has 2 aromatic heterocycles. The summed E-state index contributed by atoms with van der Waals surface area (Å²) in [5.41, 5.74) is 8.85. The Morgan fingerprint density at radius 2 is 0.944 bits per heavy atom. The van der Waals surface area contributed by atoms with Crippen LogP contribution >= 0.6 is 0 Å². The summed E-state index contributed by atoms with van der Waals surface area (Å²) in [7, 11) is 0. The highest BCUT2D eigenvalue weighted by atomic mass is 16.3. The number of amides is 2. The first kappa shape index (κ1) is 33.7. The van der Waals surface area contributed by atoms with Gasteiger partial charge in [0.1, 0.15) is 11.6 Å². The molecular weight excluding hydrogens is 677 g/mol. The predicted octanol–water partition coefficient (Wildman–Crippen LogP) is 7.57. The molecule has 4 N–H and O–H groups in total. The number of nitrogens with zero attached hydrogens (tertiary/aromatic N) is 4. The molecule has 2 amide bonds. The van der Waals surface area contributed by atoms with Crippen LogP contribution in [0.4, 0.5) is 0 Å². The molecule has 0 unspecified atom stereocenters. The average molecular weight is 717 g/mol. The molecule has 2 saturated heterocycles. The minimum Gasteiger partial charge on any atom is -0.378 e. The van der Waals surface area contributed by atoms with Crippen LogP contribution in [0.2, 0.25) is 0 Å². The van der Waals surface area contributed by atoms with Crippen LogP contribution in [0.25, 0.3) is 44.3 Å². The summed E-state index contributed by atoms with van der Waals surface area (Å²) in [6, 6.07) is 38.4. The Kier molecular flexibility index (Phi) is 8.76. The second-order valence-electron chi connectivity index (χ2n) is 14.3. The number of hydrogen-bond acceptors (Lipinski definition) is 6. The van der Waals surface area contributed by atoms with Crippen molar-refractivity contribution in [2.24, 2.45) is 0 Å². The van der Waals surface area contributed by atoms with Gasteiger partial charge in [0.2, 0.25) is 0 Å². The fraction of sp³-hybridized carbons (Fsp3) is 0.227. The number of carbonyl (C=O) groups excluding carboxylic acids is 2. The Bertz CT molecular complexity index is 2290. The Hall–Kier alpha value is -6.10. The van der Waals surface area contributed by atoms with E-state index in [-0.39, 0.29) is 23.9 Å². The van der Waals surface area contributed by atoms with Gasteiger partial charge in [-0.2, -0.15) is 0 Å². The maximum atomic E-state index is 13.3. The van der Waals surface area contributed by atoms with Gasteiger partial charge >= 0.3 is 0 Å². The first-order valence-electron chi connectivity index (χ1n) is 18.6. The Labute approximate surface area is 312 Å². The van der Waals surface area contributed by atoms with Gasteiger partial charge in [-0.1, -0.05) is 97.1 Å². The monoisotopic (exact) mass is 716 g/mol. The van der Waals surface area contributed by atoms with Crippen LogP contribution in [0, 0.1) is 0 Å². The minimum atomic E-state index is -1.20. The fourth-order valence-corrected chi connectivity index (χ4v) is 8.09. The number of hydrogen-bond donors (Lipinski definition) is 4. The number of imidazole rings is 2. The average Bonchev–Trinajstić information content (AvgIpc) is 4.05. The Balaban J connectivity index is 0.909. The molecule has 4 heterocycles. The van der Waals surface area contributed by atoms with Crippen LogP contribution in [0.1, 0.15) is 72.8 Å². The quantitative estimate of drug-likeness (QED) is 0.128. The zero-order valence-corrected chi connectivity index (χ0v) is 29.6. The summed E-state index contributed by atoms with van der Waals surface area (Å²) < 4.78 is 0. The maximum Gasteiger partial charge on any atom is 0.256 e. The summed E-state index contributed by atoms with van der Waals surface area (Å²) in [4.78, 5) is 46.9. The number of H-pyrrole nitrogens is 2. The summed E-state index contributed by atoms with van der Waals surface area (Å²) >= 11 is 0. The molecule has 2 aliphatic rings. The number of carbonyl (C=O) groups is 2. The number of aromatic nitrogens is 4. The normalized spacial score (nSPS) is 18.4.